The van der Waals surface area contributed by atoms with Crippen LogP contribution in [-0.2, 0) is 6.54 Å². The molecule has 0 aliphatic carbocycles. The fraction of sp³-hybridized carbons (Fsp3) is 0.227. The Morgan fingerprint density at radius 2 is 1.69 bits per heavy atom. The molecule has 1 fully saturated rings. The molecular formula is C22H22FN5O. The largest absolute Gasteiger partial charge is 0.367 e. The van der Waals surface area contributed by atoms with Gasteiger partial charge in [-0.2, -0.15) is 0 Å². The van der Waals surface area contributed by atoms with Gasteiger partial charge < -0.3 is 15.1 Å². The second-order valence-corrected chi connectivity index (χ2v) is 6.84. The highest BCUT2D eigenvalue weighted by molar-refractivity contribution is 5.92. The maximum absolute atomic E-state index is 13.7. The summed E-state index contributed by atoms with van der Waals surface area (Å²) in [7, 11) is 0. The van der Waals surface area contributed by atoms with Gasteiger partial charge in [0.2, 0.25) is 0 Å². The van der Waals surface area contributed by atoms with E-state index in [0.717, 1.165) is 37.7 Å². The van der Waals surface area contributed by atoms with E-state index in [9.17, 15) is 9.18 Å². The molecule has 3 heterocycles. The average Bonchev–Trinajstić information content (AvgIpc) is 2.79. The predicted octanol–water partition coefficient (Wildman–Crippen LogP) is 2.87. The van der Waals surface area contributed by atoms with Crippen LogP contribution in [0.5, 0.6) is 0 Å². The molecule has 7 heteroatoms. The number of nitrogens with zero attached hydrogens (tertiary/aromatic N) is 4. The second kappa shape index (κ2) is 8.68. The first kappa shape index (κ1) is 18.9. The highest BCUT2D eigenvalue weighted by Crippen LogP contribution is 2.18. The molecule has 0 unspecified atom stereocenters. The number of piperazine rings is 1. The molecule has 4 rings (SSSR count). The summed E-state index contributed by atoms with van der Waals surface area (Å²) < 4.78 is 13.7. The lowest BCUT2D eigenvalue weighted by atomic mass is 10.2. The number of hydrogen-bond acceptors (Lipinski definition) is 5. The number of halogens is 1. The van der Waals surface area contributed by atoms with Gasteiger partial charge in [0.25, 0.3) is 5.91 Å². The van der Waals surface area contributed by atoms with Gasteiger partial charge in [-0.3, -0.25) is 4.79 Å². The van der Waals surface area contributed by atoms with Crippen LogP contribution in [0.1, 0.15) is 16.1 Å². The molecule has 29 heavy (non-hydrogen) atoms. The van der Waals surface area contributed by atoms with Crippen molar-refractivity contribution in [3.8, 4) is 0 Å². The number of aromatic nitrogens is 2. The molecule has 1 saturated heterocycles. The summed E-state index contributed by atoms with van der Waals surface area (Å²) in [5.41, 5.74) is 1.75. The molecule has 1 amide bonds. The maximum atomic E-state index is 13.7. The first-order valence-corrected chi connectivity index (χ1v) is 9.59. The zero-order valence-corrected chi connectivity index (χ0v) is 16.0. The van der Waals surface area contributed by atoms with E-state index in [1.165, 1.54) is 6.07 Å². The fourth-order valence-corrected chi connectivity index (χ4v) is 3.35. The Kier molecular flexibility index (Phi) is 5.65. The highest BCUT2D eigenvalue weighted by atomic mass is 19.1. The Balaban J connectivity index is 1.32. The zero-order valence-electron chi connectivity index (χ0n) is 16.0. The first-order chi connectivity index (χ1) is 14.2. The molecule has 3 aromatic rings. The summed E-state index contributed by atoms with van der Waals surface area (Å²) in [6, 6.07) is 15.9. The molecule has 2 aromatic heterocycles. The van der Waals surface area contributed by atoms with Gasteiger partial charge in [-0.1, -0.05) is 24.3 Å². The van der Waals surface area contributed by atoms with Gasteiger partial charge in [0.05, 0.1) is 11.9 Å². The van der Waals surface area contributed by atoms with Gasteiger partial charge in [0.1, 0.15) is 17.3 Å². The Bertz CT molecular complexity index is 956. The minimum absolute atomic E-state index is 0.129. The van der Waals surface area contributed by atoms with Crippen LogP contribution in [0.25, 0.3) is 0 Å². The summed E-state index contributed by atoms with van der Waals surface area (Å²) >= 11 is 0. The molecule has 6 nitrogen and oxygen atoms in total. The SMILES string of the molecule is O=C(NCc1ccccc1F)c1ccc(N2CCN(c3ccccn3)CC2)cn1. The van der Waals surface area contributed by atoms with Crippen molar-refractivity contribution in [1.29, 1.82) is 0 Å². The molecule has 0 saturated carbocycles. The van der Waals surface area contributed by atoms with Crippen LogP contribution in [0.15, 0.2) is 67.0 Å². The summed E-state index contributed by atoms with van der Waals surface area (Å²) in [5.74, 6) is 0.341. The molecule has 1 N–H and O–H groups in total. The van der Waals surface area contributed by atoms with Gasteiger partial charge >= 0.3 is 0 Å². The van der Waals surface area contributed by atoms with Gasteiger partial charge in [-0.05, 0) is 30.3 Å². The molecule has 1 aliphatic rings. The normalized spacial score (nSPS) is 14.0. The molecule has 1 aliphatic heterocycles. The Labute approximate surface area is 169 Å². The van der Waals surface area contributed by atoms with Crippen LogP contribution in [0.2, 0.25) is 0 Å². The van der Waals surface area contributed by atoms with Crippen LogP contribution in [0, 0.1) is 5.82 Å². The van der Waals surface area contributed by atoms with Crippen molar-refractivity contribution in [2.75, 3.05) is 36.0 Å². The average molecular weight is 391 g/mol. The van der Waals surface area contributed by atoms with Crippen molar-refractivity contribution in [3.05, 3.63) is 84.1 Å². The van der Waals surface area contributed by atoms with Gasteiger partial charge in [0, 0.05) is 44.5 Å². The lowest BCUT2D eigenvalue weighted by molar-refractivity contribution is 0.0945. The second-order valence-electron chi connectivity index (χ2n) is 6.84. The maximum Gasteiger partial charge on any atom is 0.270 e. The molecule has 0 atom stereocenters. The van der Waals surface area contributed by atoms with Gasteiger partial charge in [0.15, 0.2) is 0 Å². The van der Waals surface area contributed by atoms with Crippen molar-refractivity contribution < 1.29 is 9.18 Å². The topological polar surface area (TPSA) is 61.4 Å². The van der Waals surface area contributed by atoms with Gasteiger partial charge in [-0.25, -0.2) is 14.4 Å². The molecule has 0 spiro atoms. The van der Waals surface area contributed by atoms with Crippen molar-refractivity contribution in [2.45, 2.75) is 6.54 Å². The molecule has 0 bridgehead atoms. The van der Waals surface area contributed by atoms with E-state index in [1.807, 2.05) is 30.5 Å². The number of rotatable bonds is 5. The number of amides is 1. The van der Waals surface area contributed by atoms with E-state index in [2.05, 4.69) is 25.1 Å². The van der Waals surface area contributed by atoms with Crippen molar-refractivity contribution in [1.82, 2.24) is 15.3 Å². The number of anilines is 2. The smallest absolute Gasteiger partial charge is 0.270 e. The van der Waals surface area contributed by atoms with Crippen LogP contribution in [-0.4, -0.2) is 42.1 Å². The lowest BCUT2D eigenvalue weighted by Crippen LogP contribution is -2.46. The number of nitrogens with one attached hydrogen (secondary N) is 1. The van der Waals surface area contributed by atoms with Crippen molar-refractivity contribution >= 4 is 17.4 Å². The molecule has 148 valence electrons. The van der Waals surface area contributed by atoms with Crippen LogP contribution >= 0.6 is 0 Å². The summed E-state index contributed by atoms with van der Waals surface area (Å²) in [4.78, 5) is 25.5. The molecular weight excluding hydrogens is 369 g/mol. The fourth-order valence-electron chi connectivity index (χ4n) is 3.35. The third-order valence-corrected chi connectivity index (χ3v) is 5.00. The molecule has 0 radical (unpaired) electrons. The van der Waals surface area contributed by atoms with E-state index < -0.39 is 0 Å². The Morgan fingerprint density at radius 3 is 2.38 bits per heavy atom. The summed E-state index contributed by atoms with van der Waals surface area (Å²) in [6.07, 6.45) is 3.52. The number of carbonyl (C=O) groups is 1. The highest BCUT2D eigenvalue weighted by Gasteiger charge is 2.19. The standard InChI is InChI=1S/C22H22FN5O/c23-19-6-2-1-5-17(19)15-26-22(29)20-9-8-18(16-25-20)27-11-13-28(14-12-27)21-7-3-4-10-24-21/h1-10,16H,11-15H2,(H,26,29). The quantitative estimate of drug-likeness (QED) is 0.725. The monoisotopic (exact) mass is 391 g/mol. The Morgan fingerprint density at radius 1 is 0.931 bits per heavy atom. The van der Waals surface area contributed by atoms with Crippen LogP contribution < -0.4 is 15.1 Å². The lowest BCUT2D eigenvalue weighted by Gasteiger charge is -2.36. The third kappa shape index (κ3) is 4.51. The summed E-state index contributed by atoms with van der Waals surface area (Å²) in [6.45, 7) is 3.60. The van der Waals surface area contributed by atoms with E-state index in [1.54, 1.807) is 30.5 Å². The first-order valence-electron chi connectivity index (χ1n) is 9.59. The van der Waals surface area contributed by atoms with E-state index in [0.29, 0.717) is 11.3 Å². The zero-order chi connectivity index (χ0) is 20.1. The minimum Gasteiger partial charge on any atom is -0.367 e. The number of benzene rings is 1. The van der Waals surface area contributed by atoms with Crippen LogP contribution in [0.3, 0.4) is 0 Å². The van der Waals surface area contributed by atoms with E-state index >= 15 is 0 Å². The molecule has 1 aromatic carbocycles. The van der Waals surface area contributed by atoms with Crippen LogP contribution in [0.4, 0.5) is 15.9 Å². The number of hydrogen-bond donors (Lipinski definition) is 1. The van der Waals surface area contributed by atoms with Gasteiger partial charge in [-0.15, -0.1) is 0 Å². The predicted molar refractivity (Wildman–Crippen MR) is 110 cm³/mol. The Hall–Kier alpha value is -3.48. The third-order valence-electron chi connectivity index (χ3n) is 5.00. The minimum atomic E-state index is -0.332. The van der Waals surface area contributed by atoms with Crippen molar-refractivity contribution in [2.24, 2.45) is 0 Å². The van der Waals surface area contributed by atoms with E-state index in [4.69, 9.17) is 0 Å². The summed E-state index contributed by atoms with van der Waals surface area (Å²) in [5, 5.41) is 2.71. The van der Waals surface area contributed by atoms with Crippen molar-refractivity contribution in [3.63, 3.8) is 0 Å². The number of pyridine rings is 2. The van der Waals surface area contributed by atoms with E-state index in [-0.39, 0.29) is 18.3 Å². The number of carbonyl (C=O) groups excluding carboxylic acids is 1.